The van der Waals surface area contributed by atoms with E-state index in [2.05, 4.69) is 15.2 Å². The summed E-state index contributed by atoms with van der Waals surface area (Å²) < 4.78 is 2.73. The number of aromatic nitrogens is 4. The first-order chi connectivity index (χ1) is 8.34. The van der Waals surface area contributed by atoms with Crippen molar-refractivity contribution in [2.75, 3.05) is 0 Å². The van der Waals surface area contributed by atoms with Crippen molar-refractivity contribution in [3.63, 3.8) is 0 Å². The zero-order valence-electron chi connectivity index (χ0n) is 9.00. The highest BCUT2D eigenvalue weighted by Crippen LogP contribution is 2.14. The van der Waals surface area contributed by atoms with Crippen molar-refractivity contribution in [1.82, 2.24) is 19.7 Å². The second-order valence-electron chi connectivity index (χ2n) is 3.75. The molecule has 2 heterocycles. The van der Waals surface area contributed by atoms with Crippen molar-refractivity contribution in [1.29, 1.82) is 0 Å². The van der Waals surface area contributed by atoms with E-state index in [0.717, 1.165) is 16.7 Å². The fourth-order valence-corrected chi connectivity index (χ4v) is 2.12. The van der Waals surface area contributed by atoms with E-state index in [1.165, 1.54) is 0 Å². The summed E-state index contributed by atoms with van der Waals surface area (Å²) in [4.78, 5) is 3.18. The van der Waals surface area contributed by atoms with Crippen molar-refractivity contribution in [2.24, 2.45) is 0 Å². The van der Waals surface area contributed by atoms with E-state index in [0.29, 0.717) is 11.3 Å². The van der Waals surface area contributed by atoms with Gasteiger partial charge < -0.3 is 9.55 Å². The van der Waals surface area contributed by atoms with Crippen LogP contribution in [0.3, 0.4) is 0 Å². The number of H-pyrrole nitrogens is 1. The molecule has 0 saturated heterocycles. The average molecular weight is 242 g/mol. The number of hydrogen-bond donors (Lipinski definition) is 1. The van der Waals surface area contributed by atoms with Crippen LogP contribution in [0.25, 0.3) is 11.0 Å². The van der Waals surface area contributed by atoms with Gasteiger partial charge in [0.05, 0.1) is 23.3 Å². The highest BCUT2D eigenvalue weighted by atomic mass is 32.1. The van der Waals surface area contributed by atoms with Gasteiger partial charge in [0.15, 0.2) is 4.77 Å². The highest BCUT2D eigenvalue weighted by molar-refractivity contribution is 7.71. The summed E-state index contributed by atoms with van der Waals surface area (Å²) in [6.45, 7) is 0.636. The summed E-state index contributed by atoms with van der Waals surface area (Å²) in [5.74, 6) is 0. The molecule has 0 aliphatic rings. The number of fused-ring (bicyclic) bond motifs is 1. The average Bonchev–Trinajstić information content (AvgIpc) is 2.68. The Labute approximate surface area is 103 Å². The number of para-hydroxylation sites is 2. The Bertz CT molecular complexity index is 699. The standard InChI is InChI=1S/C12H10N4S/c17-12-14-10-5-1-2-6-11(10)16(12)8-9-4-3-7-13-15-9/h1-7H,8H2,(H,14,17). The summed E-state index contributed by atoms with van der Waals surface area (Å²) in [6.07, 6.45) is 1.66. The first-order valence-electron chi connectivity index (χ1n) is 5.29. The van der Waals surface area contributed by atoms with Gasteiger partial charge in [-0.2, -0.15) is 10.2 Å². The van der Waals surface area contributed by atoms with E-state index in [1.807, 2.05) is 41.0 Å². The van der Waals surface area contributed by atoms with Crippen LogP contribution in [-0.4, -0.2) is 19.7 Å². The van der Waals surface area contributed by atoms with Gasteiger partial charge in [0.2, 0.25) is 0 Å². The molecule has 3 rings (SSSR count). The second kappa shape index (κ2) is 4.10. The molecule has 0 spiro atoms. The Hall–Kier alpha value is -2.01. The highest BCUT2D eigenvalue weighted by Gasteiger charge is 2.04. The minimum absolute atomic E-state index is 0.636. The molecular formula is C12H10N4S. The molecule has 5 heteroatoms. The first-order valence-corrected chi connectivity index (χ1v) is 5.69. The van der Waals surface area contributed by atoms with Crippen molar-refractivity contribution < 1.29 is 0 Å². The van der Waals surface area contributed by atoms with Crippen LogP contribution in [-0.2, 0) is 6.54 Å². The van der Waals surface area contributed by atoms with Crippen LogP contribution in [0.1, 0.15) is 5.69 Å². The van der Waals surface area contributed by atoms with Gasteiger partial charge >= 0.3 is 0 Å². The minimum atomic E-state index is 0.636. The molecule has 4 nitrogen and oxygen atoms in total. The molecule has 0 radical (unpaired) electrons. The third-order valence-electron chi connectivity index (χ3n) is 2.63. The van der Waals surface area contributed by atoms with Crippen LogP contribution in [0.15, 0.2) is 42.6 Å². The Morgan fingerprint density at radius 2 is 2.06 bits per heavy atom. The number of imidazole rings is 1. The molecule has 3 aromatic rings. The largest absolute Gasteiger partial charge is 0.331 e. The fraction of sp³-hybridized carbons (Fsp3) is 0.0833. The maximum absolute atomic E-state index is 5.31. The molecule has 0 saturated carbocycles. The number of nitrogens with zero attached hydrogens (tertiary/aromatic N) is 3. The van der Waals surface area contributed by atoms with E-state index in [9.17, 15) is 0 Å². The third-order valence-corrected chi connectivity index (χ3v) is 2.95. The summed E-state index contributed by atoms with van der Waals surface area (Å²) in [5.41, 5.74) is 3.03. The Balaban J connectivity index is 2.12. The number of rotatable bonds is 2. The molecule has 1 N–H and O–H groups in total. The lowest BCUT2D eigenvalue weighted by Crippen LogP contribution is -2.02. The van der Waals surface area contributed by atoms with E-state index in [1.54, 1.807) is 6.20 Å². The third kappa shape index (κ3) is 1.85. The van der Waals surface area contributed by atoms with Gasteiger partial charge in [-0.1, -0.05) is 12.1 Å². The monoisotopic (exact) mass is 242 g/mol. The van der Waals surface area contributed by atoms with Gasteiger partial charge in [0.25, 0.3) is 0 Å². The van der Waals surface area contributed by atoms with Gasteiger partial charge in [0.1, 0.15) is 0 Å². The maximum atomic E-state index is 5.31. The Morgan fingerprint density at radius 3 is 2.88 bits per heavy atom. The van der Waals surface area contributed by atoms with Gasteiger partial charge in [0, 0.05) is 6.20 Å². The SMILES string of the molecule is S=c1[nH]c2ccccc2n1Cc1cccnn1. The van der Waals surface area contributed by atoms with Crippen molar-refractivity contribution >= 4 is 23.3 Å². The minimum Gasteiger partial charge on any atom is -0.331 e. The smallest absolute Gasteiger partial charge is 0.178 e. The van der Waals surface area contributed by atoms with Crippen LogP contribution < -0.4 is 0 Å². The number of aromatic amines is 1. The Kier molecular flexibility index (Phi) is 2.45. The molecule has 0 amide bonds. The molecule has 0 aliphatic carbocycles. The van der Waals surface area contributed by atoms with Crippen LogP contribution in [0.5, 0.6) is 0 Å². The van der Waals surface area contributed by atoms with Gasteiger partial charge in [-0.3, -0.25) is 0 Å². The van der Waals surface area contributed by atoms with Crippen molar-refractivity contribution in [2.45, 2.75) is 6.54 Å². The van der Waals surface area contributed by atoms with Gasteiger partial charge in [-0.05, 0) is 36.5 Å². The number of benzene rings is 1. The molecule has 0 atom stereocenters. The van der Waals surface area contributed by atoms with Crippen molar-refractivity contribution in [3.8, 4) is 0 Å². The normalized spacial score (nSPS) is 10.8. The van der Waals surface area contributed by atoms with Crippen LogP contribution in [0.2, 0.25) is 0 Å². The lowest BCUT2D eigenvalue weighted by atomic mass is 10.3. The van der Waals surface area contributed by atoms with E-state index in [4.69, 9.17) is 12.2 Å². The molecule has 0 bridgehead atoms. The van der Waals surface area contributed by atoms with E-state index in [-0.39, 0.29) is 0 Å². The lowest BCUT2D eigenvalue weighted by Gasteiger charge is -2.02. The molecule has 2 aromatic heterocycles. The lowest BCUT2D eigenvalue weighted by molar-refractivity contribution is 0.762. The van der Waals surface area contributed by atoms with Crippen LogP contribution >= 0.6 is 12.2 Å². The summed E-state index contributed by atoms with van der Waals surface area (Å²) in [7, 11) is 0. The molecule has 84 valence electrons. The van der Waals surface area contributed by atoms with Crippen LogP contribution in [0.4, 0.5) is 0 Å². The predicted octanol–water partition coefficient (Wildman–Crippen LogP) is 2.54. The van der Waals surface area contributed by atoms with Gasteiger partial charge in [-0.25, -0.2) is 0 Å². The number of hydrogen-bond acceptors (Lipinski definition) is 3. The number of nitrogens with one attached hydrogen (secondary N) is 1. The zero-order valence-corrected chi connectivity index (χ0v) is 9.81. The van der Waals surface area contributed by atoms with Crippen molar-refractivity contribution in [3.05, 3.63) is 53.1 Å². The molecular weight excluding hydrogens is 232 g/mol. The van der Waals surface area contributed by atoms with E-state index < -0.39 is 0 Å². The molecule has 0 unspecified atom stereocenters. The topological polar surface area (TPSA) is 46.5 Å². The summed E-state index contributed by atoms with van der Waals surface area (Å²) in [6, 6.07) is 11.9. The zero-order chi connectivity index (χ0) is 11.7. The molecule has 0 fully saturated rings. The molecule has 0 aliphatic heterocycles. The van der Waals surface area contributed by atoms with Crippen LogP contribution in [0, 0.1) is 4.77 Å². The van der Waals surface area contributed by atoms with E-state index >= 15 is 0 Å². The first kappa shape index (κ1) is 10.2. The van der Waals surface area contributed by atoms with Gasteiger partial charge in [-0.15, -0.1) is 0 Å². The molecule has 1 aromatic carbocycles. The summed E-state index contributed by atoms with van der Waals surface area (Å²) >= 11 is 5.31. The second-order valence-corrected chi connectivity index (χ2v) is 4.14. The quantitative estimate of drug-likeness (QED) is 0.702. The maximum Gasteiger partial charge on any atom is 0.178 e. The summed E-state index contributed by atoms with van der Waals surface area (Å²) in [5, 5.41) is 7.94. The Morgan fingerprint density at radius 1 is 1.18 bits per heavy atom. The fourth-order valence-electron chi connectivity index (χ4n) is 1.84. The predicted molar refractivity (Wildman–Crippen MR) is 68.3 cm³/mol. The molecule has 17 heavy (non-hydrogen) atoms.